The number of nitro groups is 2. The Morgan fingerprint density at radius 2 is 1.69 bits per heavy atom. The molecule has 0 unspecified atom stereocenters. The molecule has 12 heteroatoms. The van der Waals surface area contributed by atoms with E-state index < -0.39 is 25.9 Å². The van der Waals surface area contributed by atoms with Gasteiger partial charge in [-0.3, -0.25) is 20.2 Å². The van der Waals surface area contributed by atoms with E-state index in [2.05, 4.69) is 0 Å². The molecule has 0 bridgehead atoms. The van der Waals surface area contributed by atoms with E-state index in [9.17, 15) is 28.6 Å². The summed E-state index contributed by atoms with van der Waals surface area (Å²) in [5, 5.41) is 22.7. The van der Waals surface area contributed by atoms with Gasteiger partial charge in [-0.15, -0.1) is 0 Å². The Morgan fingerprint density at radius 3 is 2.24 bits per heavy atom. The second kappa shape index (κ2) is 7.93. The van der Waals surface area contributed by atoms with Crippen molar-refractivity contribution in [2.24, 2.45) is 0 Å². The summed E-state index contributed by atoms with van der Waals surface area (Å²) in [5.74, 6) is 0. The summed E-state index contributed by atoms with van der Waals surface area (Å²) in [6, 6.07) is 8.81. The lowest BCUT2D eigenvalue weighted by Gasteiger charge is -2.39. The first kappa shape index (κ1) is 21.0. The van der Waals surface area contributed by atoms with Gasteiger partial charge in [0.15, 0.2) is 0 Å². The minimum atomic E-state index is -3.75. The Morgan fingerprint density at radius 1 is 1.03 bits per heavy atom. The number of nitrogens with zero attached hydrogens (tertiary/aromatic N) is 4. The molecule has 1 fully saturated rings. The highest BCUT2D eigenvalue weighted by atomic mass is 35.5. The topological polar surface area (TPSA) is 127 Å². The molecule has 2 aromatic carbocycles. The first-order valence-electron chi connectivity index (χ1n) is 8.56. The number of nitro benzene ring substituents is 2. The van der Waals surface area contributed by atoms with E-state index in [1.807, 2.05) is 0 Å². The molecule has 0 saturated carbocycles. The van der Waals surface area contributed by atoms with Crippen LogP contribution in [-0.4, -0.2) is 48.2 Å². The maximum Gasteiger partial charge on any atom is 0.299 e. The van der Waals surface area contributed by atoms with Crippen molar-refractivity contribution in [3.8, 4) is 0 Å². The van der Waals surface area contributed by atoms with Crippen molar-refractivity contribution < 1.29 is 18.3 Å². The molecule has 0 N–H and O–H groups in total. The van der Waals surface area contributed by atoms with Crippen LogP contribution in [0.4, 0.5) is 17.1 Å². The van der Waals surface area contributed by atoms with Crippen LogP contribution in [0.3, 0.4) is 0 Å². The molecular weight excluding hydrogens is 424 g/mol. The molecule has 0 spiro atoms. The first-order chi connectivity index (χ1) is 13.6. The van der Waals surface area contributed by atoms with Gasteiger partial charge in [0.25, 0.3) is 11.4 Å². The highest BCUT2D eigenvalue weighted by molar-refractivity contribution is 7.89. The molecule has 1 aliphatic rings. The van der Waals surface area contributed by atoms with Gasteiger partial charge in [0, 0.05) is 36.8 Å². The highest BCUT2D eigenvalue weighted by Gasteiger charge is 2.35. The summed E-state index contributed by atoms with van der Waals surface area (Å²) >= 11 is 5.82. The summed E-state index contributed by atoms with van der Waals surface area (Å²) in [6.07, 6.45) is 0. The lowest BCUT2D eigenvalue weighted by atomic mass is 10.1. The molecule has 0 radical (unpaired) electrons. The van der Waals surface area contributed by atoms with Crippen LogP contribution in [0.25, 0.3) is 0 Å². The van der Waals surface area contributed by atoms with Crippen molar-refractivity contribution in [1.82, 2.24) is 4.31 Å². The van der Waals surface area contributed by atoms with E-state index >= 15 is 0 Å². The molecular formula is C17H17ClN4O6S. The van der Waals surface area contributed by atoms with Gasteiger partial charge < -0.3 is 4.90 Å². The van der Waals surface area contributed by atoms with E-state index in [4.69, 9.17) is 11.6 Å². The molecule has 10 nitrogen and oxygen atoms in total. The number of anilines is 1. The monoisotopic (exact) mass is 440 g/mol. The average Bonchev–Trinajstić information content (AvgIpc) is 2.67. The van der Waals surface area contributed by atoms with Gasteiger partial charge in [-0.2, -0.15) is 4.31 Å². The van der Waals surface area contributed by atoms with Crippen LogP contribution in [0.5, 0.6) is 0 Å². The Hall–Kier alpha value is -2.76. The fourth-order valence-electron chi connectivity index (χ4n) is 3.30. The summed E-state index contributed by atoms with van der Waals surface area (Å²) in [4.78, 5) is 22.7. The Labute approximate surface area is 171 Å². The van der Waals surface area contributed by atoms with E-state index in [0.29, 0.717) is 5.02 Å². The van der Waals surface area contributed by atoms with Crippen LogP contribution in [0.15, 0.2) is 47.4 Å². The van der Waals surface area contributed by atoms with Crippen LogP contribution in [0.1, 0.15) is 6.92 Å². The molecule has 29 heavy (non-hydrogen) atoms. The molecule has 0 amide bonds. The third-order valence-electron chi connectivity index (χ3n) is 4.69. The molecule has 1 saturated heterocycles. The minimum Gasteiger partial charge on any atom is -0.363 e. The zero-order valence-electron chi connectivity index (χ0n) is 15.3. The fourth-order valence-corrected chi connectivity index (χ4v) is 5.04. The van der Waals surface area contributed by atoms with Gasteiger partial charge >= 0.3 is 0 Å². The number of non-ortho nitro benzene ring substituents is 1. The summed E-state index contributed by atoms with van der Waals surface area (Å²) < 4.78 is 27.2. The van der Waals surface area contributed by atoms with E-state index in [-0.39, 0.29) is 41.6 Å². The summed E-state index contributed by atoms with van der Waals surface area (Å²) in [7, 11) is -3.75. The van der Waals surface area contributed by atoms with Gasteiger partial charge in [-0.05, 0) is 37.3 Å². The van der Waals surface area contributed by atoms with E-state index in [1.54, 1.807) is 11.8 Å². The molecule has 1 heterocycles. The second-order valence-electron chi connectivity index (χ2n) is 6.55. The Kier molecular flexibility index (Phi) is 5.73. The second-order valence-corrected chi connectivity index (χ2v) is 8.88. The predicted molar refractivity (Wildman–Crippen MR) is 107 cm³/mol. The number of rotatable bonds is 5. The molecule has 3 rings (SSSR count). The van der Waals surface area contributed by atoms with Gasteiger partial charge in [-0.1, -0.05) is 11.6 Å². The minimum absolute atomic E-state index is 0.111. The first-order valence-corrected chi connectivity index (χ1v) is 10.4. The molecule has 2 aromatic rings. The Balaban J connectivity index is 1.86. The highest BCUT2D eigenvalue weighted by Crippen LogP contribution is 2.34. The van der Waals surface area contributed by atoms with Gasteiger partial charge in [0.2, 0.25) is 10.0 Å². The van der Waals surface area contributed by atoms with Crippen LogP contribution < -0.4 is 4.90 Å². The van der Waals surface area contributed by atoms with Crippen molar-refractivity contribution in [2.45, 2.75) is 17.9 Å². The van der Waals surface area contributed by atoms with Gasteiger partial charge in [0.1, 0.15) is 5.69 Å². The van der Waals surface area contributed by atoms with Gasteiger partial charge in [-0.25, -0.2) is 8.42 Å². The third kappa shape index (κ3) is 4.16. The average molecular weight is 441 g/mol. The lowest BCUT2D eigenvalue weighted by molar-refractivity contribution is -0.393. The van der Waals surface area contributed by atoms with Gasteiger partial charge in [0.05, 0.1) is 20.8 Å². The van der Waals surface area contributed by atoms with E-state index in [1.165, 1.54) is 40.7 Å². The zero-order valence-corrected chi connectivity index (χ0v) is 16.8. The number of hydrogen-bond acceptors (Lipinski definition) is 7. The predicted octanol–water partition coefficient (Wildman–Crippen LogP) is 3.06. The van der Waals surface area contributed by atoms with Crippen LogP contribution >= 0.6 is 11.6 Å². The van der Waals surface area contributed by atoms with Crippen molar-refractivity contribution in [3.05, 3.63) is 67.7 Å². The third-order valence-corrected chi connectivity index (χ3v) is 6.97. The standard InChI is InChI=1S/C17H17ClN4O6S/c1-12-11-19(16-7-4-14(21(23)24)10-17(16)22(25)26)8-9-20(12)29(27,28)15-5-2-13(18)3-6-15/h2-7,10,12H,8-9,11H2,1H3/t12-/m1/s1. The summed E-state index contributed by atoms with van der Waals surface area (Å²) in [5.41, 5.74) is -0.547. The van der Waals surface area contributed by atoms with Crippen LogP contribution in [0.2, 0.25) is 5.02 Å². The fraction of sp³-hybridized carbons (Fsp3) is 0.294. The summed E-state index contributed by atoms with van der Waals surface area (Å²) in [6.45, 7) is 2.22. The molecule has 1 aliphatic heterocycles. The number of hydrogen-bond donors (Lipinski definition) is 0. The largest absolute Gasteiger partial charge is 0.363 e. The number of sulfonamides is 1. The number of halogens is 1. The molecule has 154 valence electrons. The smallest absolute Gasteiger partial charge is 0.299 e. The van der Waals surface area contributed by atoms with Crippen molar-refractivity contribution >= 4 is 38.7 Å². The molecule has 0 aromatic heterocycles. The van der Waals surface area contributed by atoms with Crippen molar-refractivity contribution in [3.63, 3.8) is 0 Å². The van der Waals surface area contributed by atoms with Crippen molar-refractivity contribution in [1.29, 1.82) is 0 Å². The molecule has 1 atom stereocenters. The van der Waals surface area contributed by atoms with Crippen LogP contribution in [-0.2, 0) is 10.0 Å². The quantitative estimate of drug-likeness (QED) is 0.516. The maximum absolute atomic E-state index is 12.9. The normalized spacial score (nSPS) is 17.9. The van der Waals surface area contributed by atoms with Crippen molar-refractivity contribution in [2.75, 3.05) is 24.5 Å². The Bertz CT molecular complexity index is 1060. The number of piperazine rings is 1. The van der Waals surface area contributed by atoms with E-state index in [0.717, 1.165) is 6.07 Å². The zero-order chi connectivity index (χ0) is 21.3. The van der Waals surface area contributed by atoms with Crippen LogP contribution in [0, 0.1) is 20.2 Å². The maximum atomic E-state index is 12.9. The number of benzene rings is 2. The molecule has 0 aliphatic carbocycles. The SMILES string of the molecule is C[C@@H]1CN(c2ccc([N+](=O)[O-])cc2[N+](=O)[O-])CCN1S(=O)(=O)c1ccc(Cl)cc1. The lowest BCUT2D eigenvalue weighted by Crippen LogP contribution is -2.54.